The van der Waals surface area contributed by atoms with Gasteiger partial charge in [0.05, 0.1) is 57.1 Å². The molecule has 272 valence electrons. The molecule has 1 aromatic heterocycles. The van der Waals surface area contributed by atoms with Gasteiger partial charge in [0.15, 0.2) is 0 Å². The Morgan fingerprint density at radius 3 is 2.34 bits per heavy atom. The lowest BCUT2D eigenvalue weighted by molar-refractivity contribution is -0.182. The Hall–Kier alpha value is -3.75. The topological polar surface area (TPSA) is 144 Å². The third-order valence-corrected chi connectivity index (χ3v) is 9.84. The van der Waals surface area contributed by atoms with Gasteiger partial charge >= 0.3 is 6.18 Å². The van der Waals surface area contributed by atoms with Gasteiger partial charge in [-0.15, -0.1) is 0 Å². The highest BCUT2D eigenvalue weighted by Crippen LogP contribution is 2.39. The fraction of sp³-hybridized carbons (Fsp3) is 0.529. The molecule has 1 aliphatic carbocycles. The van der Waals surface area contributed by atoms with Crippen molar-refractivity contribution in [3.8, 4) is 0 Å². The number of halogens is 5. The number of alkyl halides is 3. The lowest BCUT2D eigenvalue weighted by atomic mass is 9.85. The molecule has 2 heterocycles. The number of nitrogens with two attached hydrogens (primary N) is 1. The molecule has 1 saturated heterocycles. The predicted molar refractivity (Wildman–Crippen MR) is 187 cm³/mol. The van der Waals surface area contributed by atoms with Gasteiger partial charge in [0.2, 0.25) is 17.8 Å². The highest BCUT2D eigenvalue weighted by atomic mass is 35.5. The zero-order valence-electron chi connectivity index (χ0n) is 28.2. The average Bonchev–Trinajstić information content (AvgIpc) is 3.40. The summed E-state index contributed by atoms with van der Waals surface area (Å²) in [5.41, 5.74) is 7.79. The molecule has 1 aliphatic heterocycles. The van der Waals surface area contributed by atoms with Crippen LogP contribution >= 0.6 is 23.2 Å². The van der Waals surface area contributed by atoms with Crippen LogP contribution in [-0.2, 0) is 27.4 Å². The number of rotatable bonds is 10. The largest absolute Gasteiger partial charge is 0.391 e. The number of hydrogen-bond acceptors (Lipinski definition) is 7. The summed E-state index contributed by atoms with van der Waals surface area (Å²) in [6.07, 6.45) is -3.91. The molecule has 3 aromatic rings. The summed E-state index contributed by atoms with van der Waals surface area (Å²) in [6.45, 7) is 7.60. The Morgan fingerprint density at radius 1 is 1.04 bits per heavy atom. The predicted octanol–water partition coefficient (Wildman–Crippen LogP) is 6.31. The maximum absolute atomic E-state index is 13.8. The average molecular weight is 741 g/mol. The molecule has 50 heavy (non-hydrogen) atoms. The van der Waals surface area contributed by atoms with Crippen LogP contribution < -0.4 is 26.6 Å². The summed E-state index contributed by atoms with van der Waals surface area (Å²) in [5, 5.41) is 9.59. The number of aromatic nitrogens is 2. The van der Waals surface area contributed by atoms with Crippen LogP contribution in [0.15, 0.2) is 24.3 Å². The Morgan fingerprint density at radius 2 is 1.72 bits per heavy atom. The van der Waals surface area contributed by atoms with E-state index in [0.29, 0.717) is 59.8 Å². The van der Waals surface area contributed by atoms with Crippen LogP contribution in [0.2, 0.25) is 10.0 Å². The van der Waals surface area contributed by atoms with Crippen LogP contribution in [0.1, 0.15) is 68.8 Å². The number of hydrogen-bond donors (Lipinski definition) is 4. The quantitative estimate of drug-likeness (QED) is 0.191. The van der Waals surface area contributed by atoms with Crippen LogP contribution in [0, 0.1) is 11.3 Å². The molecule has 2 aromatic carbocycles. The zero-order valence-corrected chi connectivity index (χ0v) is 29.7. The maximum atomic E-state index is 13.8. The van der Waals surface area contributed by atoms with Gasteiger partial charge in [-0.3, -0.25) is 14.4 Å². The number of primary amides is 1. The number of anilines is 3. The second-order valence-electron chi connectivity index (χ2n) is 13.8. The van der Waals surface area contributed by atoms with E-state index < -0.39 is 35.4 Å². The number of amides is 3. The molecule has 0 spiro atoms. The number of aryl methyl sites for hydroxylation is 1. The maximum Gasteiger partial charge on any atom is 0.391 e. The molecule has 3 amide bonds. The molecule has 0 unspecified atom stereocenters. The first-order chi connectivity index (χ1) is 23.5. The number of carbonyl (C=O) groups is 3. The molecule has 1 saturated carbocycles. The molecule has 0 radical (unpaired) electrons. The first-order valence-corrected chi connectivity index (χ1v) is 17.3. The molecule has 5 rings (SSSR count). The van der Waals surface area contributed by atoms with Crippen molar-refractivity contribution in [2.45, 2.75) is 78.2 Å². The van der Waals surface area contributed by atoms with E-state index in [1.165, 1.54) is 0 Å². The van der Waals surface area contributed by atoms with Gasteiger partial charge in [0, 0.05) is 44.1 Å². The van der Waals surface area contributed by atoms with Gasteiger partial charge in [-0.25, -0.2) is 4.98 Å². The van der Waals surface area contributed by atoms with E-state index in [-0.39, 0.29) is 67.1 Å². The SMILES string of the molecule is CC(C)(C)C(=O)NCc1ccc(Cl)c(Nc2nc3cc(C(=O)N[C@H]4CC[C@H](C(F)(F)F)CC4)c(N4CCOCC4)cc3n2CCC(N)=O)c1Cl. The number of ether oxygens (including phenoxy) is 1. The van der Waals surface area contributed by atoms with Crippen molar-refractivity contribution < 1.29 is 32.3 Å². The molecular weight excluding hydrogens is 698 g/mol. The first kappa shape index (κ1) is 37.5. The monoisotopic (exact) mass is 739 g/mol. The molecule has 11 nitrogen and oxygen atoms in total. The molecular formula is C34H42Cl2F3N7O4. The summed E-state index contributed by atoms with van der Waals surface area (Å²) >= 11 is 13.4. The number of fused-ring (bicyclic) bond motifs is 1. The van der Waals surface area contributed by atoms with E-state index in [0.717, 1.165) is 0 Å². The van der Waals surface area contributed by atoms with E-state index in [1.807, 2.05) is 11.0 Å². The molecule has 5 N–H and O–H groups in total. The summed E-state index contributed by atoms with van der Waals surface area (Å²) in [7, 11) is 0. The van der Waals surface area contributed by atoms with E-state index in [4.69, 9.17) is 38.7 Å². The van der Waals surface area contributed by atoms with Crippen molar-refractivity contribution in [2.24, 2.45) is 17.1 Å². The molecule has 16 heteroatoms. The van der Waals surface area contributed by atoms with Gasteiger partial charge in [0.25, 0.3) is 5.91 Å². The third kappa shape index (κ3) is 8.75. The van der Waals surface area contributed by atoms with Gasteiger partial charge in [-0.1, -0.05) is 50.0 Å². The molecule has 2 aliphatic rings. The first-order valence-electron chi connectivity index (χ1n) is 16.6. The van der Waals surface area contributed by atoms with Gasteiger partial charge < -0.3 is 35.9 Å². The van der Waals surface area contributed by atoms with E-state index in [1.54, 1.807) is 43.5 Å². The minimum absolute atomic E-state index is 0.0177. The fourth-order valence-electron chi connectivity index (χ4n) is 6.18. The lowest BCUT2D eigenvalue weighted by Crippen LogP contribution is -2.41. The number of nitrogens with one attached hydrogen (secondary N) is 3. The highest BCUT2D eigenvalue weighted by molar-refractivity contribution is 6.39. The number of benzene rings is 2. The Bertz CT molecular complexity index is 1750. The standard InChI is InChI=1S/C34H42Cl2F3N7O4/c1-33(2,3)31(49)41-18-19-4-9-23(35)29(28(19)36)44-32-43-24-16-22(30(48)42-21-7-5-20(6-8-21)34(37,38)39)25(45-12-14-50-15-13-45)17-26(24)46(32)11-10-27(40)47/h4,9,16-17,20-21H,5-8,10-15,18H2,1-3H3,(H2,40,47)(H,41,49)(H,42,48)(H,43,44)/t20-,21-. The summed E-state index contributed by atoms with van der Waals surface area (Å²) in [6, 6.07) is 6.42. The Balaban J connectivity index is 1.51. The zero-order chi connectivity index (χ0) is 36.4. The summed E-state index contributed by atoms with van der Waals surface area (Å²) < 4.78 is 47.1. The number of imidazole rings is 1. The second-order valence-corrected chi connectivity index (χ2v) is 14.6. The minimum atomic E-state index is -4.25. The normalized spacial score (nSPS) is 18.6. The van der Waals surface area contributed by atoms with E-state index in [9.17, 15) is 27.6 Å². The van der Waals surface area contributed by atoms with Crippen molar-refractivity contribution in [3.05, 3.63) is 45.4 Å². The van der Waals surface area contributed by atoms with Crippen molar-refractivity contribution in [1.82, 2.24) is 20.2 Å². The molecule has 2 fully saturated rings. The highest BCUT2D eigenvalue weighted by Gasteiger charge is 2.41. The fourth-order valence-corrected chi connectivity index (χ4v) is 6.71. The van der Waals surface area contributed by atoms with Crippen LogP contribution in [-0.4, -0.2) is 65.8 Å². The van der Waals surface area contributed by atoms with E-state index >= 15 is 0 Å². The van der Waals surface area contributed by atoms with Crippen molar-refractivity contribution in [1.29, 1.82) is 0 Å². The minimum Gasteiger partial charge on any atom is -0.378 e. The van der Waals surface area contributed by atoms with Gasteiger partial charge in [-0.05, 0) is 49.4 Å². The lowest BCUT2D eigenvalue weighted by Gasteiger charge is -2.32. The second kappa shape index (κ2) is 15.2. The van der Waals surface area contributed by atoms with Crippen molar-refractivity contribution in [3.63, 3.8) is 0 Å². The van der Waals surface area contributed by atoms with Crippen LogP contribution in [0.4, 0.5) is 30.5 Å². The summed E-state index contributed by atoms with van der Waals surface area (Å²) in [5.74, 6) is -2.19. The van der Waals surface area contributed by atoms with Crippen molar-refractivity contribution in [2.75, 3.05) is 36.5 Å². The third-order valence-electron chi connectivity index (χ3n) is 9.10. The molecule has 0 bridgehead atoms. The van der Waals surface area contributed by atoms with Crippen LogP contribution in [0.25, 0.3) is 11.0 Å². The number of nitrogens with zero attached hydrogens (tertiary/aromatic N) is 3. The van der Waals surface area contributed by atoms with Gasteiger partial charge in [0.1, 0.15) is 0 Å². The summed E-state index contributed by atoms with van der Waals surface area (Å²) in [4.78, 5) is 45.1. The number of morpholine rings is 1. The Kier molecular flexibility index (Phi) is 11.4. The number of carbonyl (C=O) groups excluding carboxylic acids is 3. The van der Waals surface area contributed by atoms with Crippen molar-refractivity contribution >= 4 is 69.3 Å². The van der Waals surface area contributed by atoms with Crippen LogP contribution in [0.3, 0.4) is 0 Å². The smallest absolute Gasteiger partial charge is 0.378 e. The van der Waals surface area contributed by atoms with E-state index in [2.05, 4.69) is 16.0 Å². The van der Waals surface area contributed by atoms with Crippen LogP contribution in [0.5, 0.6) is 0 Å². The Labute approximate surface area is 298 Å². The van der Waals surface area contributed by atoms with Gasteiger partial charge in [-0.2, -0.15) is 13.2 Å². The molecule has 0 atom stereocenters.